The number of amides is 1. The van der Waals surface area contributed by atoms with Gasteiger partial charge in [-0.25, -0.2) is 0 Å². The summed E-state index contributed by atoms with van der Waals surface area (Å²) in [6, 6.07) is 9.42. The van der Waals surface area contributed by atoms with Gasteiger partial charge < -0.3 is 9.88 Å². The van der Waals surface area contributed by atoms with Gasteiger partial charge in [0.05, 0.1) is 13.0 Å². The summed E-state index contributed by atoms with van der Waals surface area (Å²) in [7, 11) is 1.93. The van der Waals surface area contributed by atoms with E-state index in [0.29, 0.717) is 21.6 Å². The van der Waals surface area contributed by atoms with Crippen molar-refractivity contribution in [2.75, 3.05) is 0 Å². The number of hydrogen-bond acceptors (Lipinski definition) is 3. The van der Waals surface area contributed by atoms with Gasteiger partial charge in [-0.3, -0.25) is 4.79 Å². The Balaban J connectivity index is 1.87. The molecule has 0 saturated carbocycles. The van der Waals surface area contributed by atoms with Crippen molar-refractivity contribution in [3.05, 3.63) is 60.1 Å². The van der Waals surface area contributed by atoms with E-state index in [2.05, 4.69) is 27.9 Å². The van der Waals surface area contributed by atoms with Crippen LogP contribution in [0.25, 0.3) is 10.2 Å². The van der Waals surface area contributed by atoms with E-state index in [0.717, 1.165) is 18.7 Å². The molecule has 118 valence electrons. The van der Waals surface area contributed by atoms with Crippen molar-refractivity contribution in [3.8, 4) is 0 Å². The molecule has 0 aliphatic carbocycles. The smallest absolute Gasteiger partial charge is 0.254 e. The number of thiophene rings is 1. The molecule has 0 radical (unpaired) electrons. The molecule has 0 fully saturated rings. The van der Waals surface area contributed by atoms with E-state index in [1.54, 1.807) is 29.7 Å². The van der Waals surface area contributed by atoms with Crippen LogP contribution in [0.3, 0.4) is 0 Å². The number of nitrogens with zero attached hydrogens (tertiary/aromatic N) is 1. The number of hydrogen-bond donors (Lipinski definition) is 1. The Morgan fingerprint density at radius 2 is 2.09 bits per heavy atom. The van der Waals surface area contributed by atoms with Crippen LogP contribution in [0.2, 0.25) is 5.02 Å². The Bertz CT molecular complexity index is 947. The first-order valence-corrected chi connectivity index (χ1v) is 9.45. The number of benzene rings is 1. The number of halogens is 2. The Labute approximate surface area is 161 Å². The predicted octanol–water partition coefficient (Wildman–Crippen LogP) is 5.16. The molecule has 3 aromatic rings. The number of aromatic nitrogens is 1. The van der Waals surface area contributed by atoms with Crippen molar-refractivity contribution in [1.29, 1.82) is 0 Å². The largest absolute Gasteiger partial charge is 0.348 e. The highest BCUT2D eigenvalue weighted by molar-refractivity contribution is 14.1. The van der Waals surface area contributed by atoms with Gasteiger partial charge in [-0.05, 0) is 46.4 Å². The van der Waals surface area contributed by atoms with Crippen molar-refractivity contribution in [2.45, 2.75) is 6.54 Å². The molecule has 0 atom stereocenters. The summed E-state index contributed by atoms with van der Waals surface area (Å²) in [6.45, 7) is 0.438. The van der Waals surface area contributed by atoms with Crippen LogP contribution >= 0.6 is 57.7 Å². The zero-order chi connectivity index (χ0) is 16.6. The summed E-state index contributed by atoms with van der Waals surface area (Å²) >= 11 is 15.3. The molecule has 0 saturated heterocycles. The number of aryl methyl sites for hydroxylation is 1. The quantitative estimate of drug-likeness (QED) is 0.420. The molecule has 23 heavy (non-hydrogen) atoms. The first-order valence-electron chi connectivity index (χ1n) is 6.77. The maximum Gasteiger partial charge on any atom is 0.254 e. The second-order valence-electron chi connectivity index (χ2n) is 5.06. The van der Waals surface area contributed by atoms with Crippen LogP contribution < -0.4 is 5.32 Å². The molecular formula is C16H12ClIN2OS2. The minimum atomic E-state index is -0.163. The average Bonchev–Trinajstić information content (AvgIpc) is 2.93. The Morgan fingerprint density at radius 3 is 2.78 bits per heavy atom. The predicted molar refractivity (Wildman–Crippen MR) is 107 cm³/mol. The van der Waals surface area contributed by atoms with Crippen molar-refractivity contribution in [3.63, 3.8) is 0 Å². The molecule has 0 spiro atoms. The highest BCUT2D eigenvalue weighted by Crippen LogP contribution is 2.28. The van der Waals surface area contributed by atoms with Gasteiger partial charge in [0, 0.05) is 30.2 Å². The van der Waals surface area contributed by atoms with Crippen LogP contribution in [0.15, 0.2) is 36.5 Å². The number of carbonyl (C=O) groups excluding carboxylic acids is 1. The van der Waals surface area contributed by atoms with Crippen LogP contribution in [-0.4, -0.2) is 10.5 Å². The summed E-state index contributed by atoms with van der Waals surface area (Å²) in [5, 5.41) is 4.55. The van der Waals surface area contributed by atoms with Crippen molar-refractivity contribution in [1.82, 2.24) is 9.88 Å². The lowest BCUT2D eigenvalue weighted by Gasteiger charge is -2.09. The normalized spacial score (nSPS) is 10.9. The zero-order valence-electron chi connectivity index (χ0n) is 12.1. The zero-order valence-corrected chi connectivity index (χ0v) is 16.6. The van der Waals surface area contributed by atoms with E-state index in [1.807, 2.05) is 29.8 Å². The van der Waals surface area contributed by atoms with E-state index >= 15 is 0 Å². The fourth-order valence-electron chi connectivity index (χ4n) is 2.27. The number of pyridine rings is 1. The van der Waals surface area contributed by atoms with E-state index in [4.69, 9.17) is 23.8 Å². The van der Waals surface area contributed by atoms with Gasteiger partial charge in [-0.1, -0.05) is 36.0 Å². The van der Waals surface area contributed by atoms with Gasteiger partial charge in [0.25, 0.3) is 5.91 Å². The SMILES string of the molecule is Cn1cc(C(=O)NCc2ccc(Cl)cc2)c(=S)c2cc(I)sc21. The number of nitrogens with one attached hydrogen (secondary N) is 1. The third-order valence-electron chi connectivity index (χ3n) is 3.43. The fourth-order valence-corrected chi connectivity index (χ4v) is 4.53. The summed E-state index contributed by atoms with van der Waals surface area (Å²) in [5.74, 6) is -0.163. The highest BCUT2D eigenvalue weighted by atomic mass is 127. The van der Waals surface area contributed by atoms with Gasteiger partial charge in [-0.2, -0.15) is 0 Å². The van der Waals surface area contributed by atoms with Gasteiger partial charge in [0.1, 0.15) is 4.83 Å². The number of carbonyl (C=O) groups is 1. The summed E-state index contributed by atoms with van der Waals surface area (Å²) in [4.78, 5) is 13.6. The lowest BCUT2D eigenvalue weighted by molar-refractivity contribution is 0.0950. The molecule has 0 bridgehead atoms. The van der Waals surface area contributed by atoms with Crippen molar-refractivity contribution < 1.29 is 4.79 Å². The molecule has 1 N–H and O–H groups in total. The maximum atomic E-state index is 12.5. The lowest BCUT2D eigenvalue weighted by atomic mass is 10.2. The first kappa shape index (κ1) is 16.9. The molecule has 2 heterocycles. The average molecular weight is 475 g/mol. The molecular weight excluding hydrogens is 463 g/mol. The molecule has 2 aromatic heterocycles. The molecule has 7 heteroatoms. The van der Waals surface area contributed by atoms with E-state index in [9.17, 15) is 4.79 Å². The van der Waals surface area contributed by atoms with Gasteiger partial charge in [0.15, 0.2) is 0 Å². The lowest BCUT2D eigenvalue weighted by Crippen LogP contribution is -2.23. The summed E-state index contributed by atoms with van der Waals surface area (Å²) < 4.78 is 3.71. The minimum Gasteiger partial charge on any atom is -0.348 e. The molecule has 1 amide bonds. The topological polar surface area (TPSA) is 34.0 Å². The third kappa shape index (κ3) is 3.60. The van der Waals surface area contributed by atoms with E-state index in [-0.39, 0.29) is 5.91 Å². The minimum absolute atomic E-state index is 0.163. The number of fused-ring (bicyclic) bond motifs is 1. The third-order valence-corrected chi connectivity index (χ3v) is 6.10. The van der Waals surface area contributed by atoms with Gasteiger partial charge >= 0.3 is 0 Å². The number of rotatable bonds is 3. The summed E-state index contributed by atoms with van der Waals surface area (Å²) in [5.41, 5.74) is 1.52. The molecule has 1 aromatic carbocycles. The molecule has 3 rings (SSSR count). The van der Waals surface area contributed by atoms with Crippen LogP contribution in [-0.2, 0) is 13.6 Å². The van der Waals surface area contributed by atoms with E-state index < -0.39 is 0 Å². The second kappa shape index (κ2) is 6.88. The fraction of sp³-hybridized carbons (Fsp3) is 0.125. The van der Waals surface area contributed by atoms with Crippen molar-refractivity contribution in [2.24, 2.45) is 7.05 Å². The standard InChI is InChI=1S/C16H12ClIN2OS2/c1-20-8-12(14(22)11-6-13(18)23-16(11)20)15(21)19-7-9-2-4-10(17)5-3-9/h2-6,8H,7H2,1H3,(H,19,21). The monoisotopic (exact) mass is 474 g/mol. The van der Waals surface area contributed by atoms with Crippen LogP contribution in [0, 0.1) is 7.39 Å². The summed E-state index contributed by atoms with van der Waals surface area (Å²) in [6.07, 6.45) is 1.80. The Morgan fingerprint density at radius 1 is 1.39 bits per heavy atom. The Hall–Kier alpha value is -0.960. The molecule has 0 aliphatic heterocycles. The molecule has 0 unspecified atom stereocenters. The second-order valence-corrected chi connectivity index (χ2v) is 8.83. The Kier molecular flexibility index (Phi) is 5.05. The molecule has 3 nitrogen and oxygen atoms in total. The van der Waals surface area contributed by atoms with E-state index in [1.165, 1.54) is 0 Å². The highest BCUT2D eigenvalue weighted by Gasteiger charge is 2.13. The maximum absolute atomic E-state index is 12.5. The van der Waals surface area contributed by atoms with Crippen LogP contribution in [0.5, 0.6) is 0 Å². The molecule has 0 aliphatic rings. The van der Waals surface area contributed by atoms with Crippen LogP contribution in [0.1, 0.15) is 15.9 Å². The van der Waals surface area contributed by atoms with Gasteiger partial charge in [0.2, 0.25) is 0 Å². The van der Waals surface area contributed by atoms with Gasteiger partial charge in [-0.15, -0.1) is 11.3 Å². The van der Waals surface area contributed by atoms with Crippen molar-refractivity contribution >= 4 is 73.9 Å². The first-order chi connectivity index (χ1) is 11.0. The van der Waals surface area contributed by atoms with Crippen LogP contribution in [0.4, 0.5) is 0 Å².